The molecular weight excluding hydrogens is 289 g/mol. The van der Waals surface area contributed by atoms with Crippen LogP contribution in [-0.4, -0.2) is 33.8 Å². The number of aromatic hydroxyl groups is 1. The molecule has 0 heterocycles. The van der Waals surface area contributed by atoms with E-state index >= 15 is 0 Å². The molecule has 0 aromatic heterocycles. The summed E-state index contributed by atoms with van der Waals surface area (Å²) in [5, 5.41) is 10.3. The molecule has 0 spiro atoms. The predicted molar refractivity (Wildman–Crippen MR) is 65.9 cm³/mol. The molecule has 1 fully saturated rings. The SMILES string of the molecule is O=C(c1cc(F)ccc1O)N(CCBr)C1CC1. The number of phenolic OH excluding ortho intramolecular Hbond substituents is 1. The summed E-state index contributed by atoms with van der Waals surface area (Å²) in [6.07, 6.45) is 1.96. The van der Waals surface area contributed by atoms with Gasteiger partial charge in [-0.25, -0.2) is 4.39 Å². The summed E-state index contributed by atoms with van der Waals surface area (Å²) in [4.78, 5) is 13.9. The fourth-order valence-electron chi connectivity index (χ4n) is 1.76. The van der Waals surface area contributed by atoms with Crippen LogP contribution in [0.4, 0.5) is 4.39 Å². The third-order valence-electron chi connectivity index (χ3n) is 2.76. The van der Waals surface area contributed by atoms with Crippen molar-refractivity contribution >= 4 is 21.8 Å². The molecule has 3 nitrogen and oxygen atoms in total. The molecule has 17 heavy (non-hydrogen) atoms. The maximum Gasteiger partial charge on any atom is 0.257 e. The van der Waals surface area contributed by atoms with Crippen molar-refractivity contribution in [2.75, 3.05) is 11.9 Å². The quantitative estimate of drug-likeness (QED) is 0.868. The van der Waals surface area contributed by atoms with Gasteiger partial charge < -0.3 is 10.0 Å². The highest BCUT2D eigenvalue weighted by Crippen LogP contribution is 2.30. The van der Waals surface area contributed by atoms with Crippen LogP contribution in [0.2, 0.25) is 0 Å². The Kier molecular flexibility index (Phi) is 3.66. The first kappa shape index (κ1) is 12.4. The van der Waals surface area contributed by atoms with Crippen molar-refractivity contribution in [3.05, 3.63) is 29.6 Å². The number of phenols is 1. The Morgan fingerprint density at radius 3 is 2.82 bits per heavy atom. The van der Waals surface area contributed by atoms with Gasteiger partial charge in [0.05, 0.1) is 5.56 Å². The lowest BCUT2D eigenvalue weighted by molar-refractivity contribution is 0.0751. The molecule has 5 heteroatoms. The van der Waals surface area contributed by atoms with Gasteiger partial charge >= 0.3 is 0 Å². The number of alkyl halides is 1. The van der Waals surface area contributed by atoms with Gasteiger partial charge in [0, 0.05) is 17.9 Å². The van der Waals surface area contributed by atoms with Crippen molar-refractivity contribution in [3.63, 3.8) is 0 Å². The molecule has 1 aromatic rings. The average molecular weight is 302 g/mol. The zero-order valence-electron chi connectivity index (χ0n) is 9.20. The monoisotopic (exact) mass is 301 g/mol. The van der Waals surface area contributed by atoms with E-state index in [9.17, 15) is 14.3 Å². The molecule has 1 aliphatic carbocycles. The number of halogens is 2. The van der Waals surface area contributed by atoms with E-state index in [1.807, 2.05) is 0 Å². The van der Waals surface area contributed by atoms with E-state index in [1.165, 1.54) is 6.07 Å². The molecule has 92 valence electrons. The number of rotatable bonds is 4. The van der Waals surface area contributed by atoms with E-state index in [0.717, 1.165) is 25.0 Å². The number of hydrogen-bond donors (Lipinski definition) is 1. The zero-order valence-corrected chi connectivity index (χ0v) is 10.8. The number of carbonyl (C=O) groups excluding carboxylic acids is 1. The van der Waals surface area contributed by atoms with Gasteiger partial charge in [-0.05, 0) is 31.0 Å². The smallest absolute Gasteiger partial charge is 0.257 e. The molecule has 1 amide bonds. The lowest BCUT2D eigenvalue weighted by Crippen LogP contribution is -2.34. The summed E-state index contributed by atoms with van der Waals surface area (Å²) in [5.41, 5.74) is 0.0397. The van der Waals surface area contributed by atoms with Crippen molar-refractivity contribution in [3.8, 4) is 5.75 Å². The minimum absolute atomic E-state index is 0.0397. The third-order valence-corrected chi connectivity index (χ3v) is 3.12. The summed E-state index contributed by atoms with van der Waals surface area (Å²) in [5.74, 6) is -0.985. The fourth-order valence-corrected chi connectivity index (χ4v) is 2.14. The van der Waals surface area contributed by atoms with Crippen LogP contribution in [-0.2, 0) is 0 Å². The zero-order chi connectivity index (χ0) is 12.4. The van der Waals surface area contributed by atoms with E-state index in [2.05, 4.69) is 15.9 Å². The van der Waals surface area contributed by atoms with Crippen LogP contribution >= 0.6 is 15.9 Å². The molecule has 0 aliphatic heterocycles. The number of benzene rings is 1. The first-order valence-electron chi connectivity index (χ1n) is 5.49. The van der Waals surface area contributed by atoms with Crippen molar-refractivity contribution in [2.24, 2.45) is 0 Å². The molecule has 0 atom stereocenters. The third kappa shape index (κ3) is 2.77. The lowest BCUT2D eigenvalue weighted by atomic mass is 10.1. The number of amides is 1. The highest BCUT2D eigenvalue weighted by atomic mass is 79.9. The van der Waals surface area contributed by atoms with E-state index < -0.39 is 5.82 Å². The Labute approximate surface area is 107 Å². The minimum Gasteiger partial charge on any atom is -0.507 e. The van der Waals surface area contributed by atoms with Crippen molar-refractivity contribution in [1.29, 1.82) is 0 Å². The van der Waals surface area contributed by atoms with Crippen LogP contribution in [0.15, 0.2) is 18.2 Å². The summed E-state index contributed by atoms with van der Waals surface area (Å²) >= 11 is 3.29. The molecular formula is C12H13BrFNO2. The second kappa shape index (κ2) is 5.04. The molecule has 2 rings (SSSR count). The first-order chi connectivity index (χ1) is 8.13. The van der Waals surface area contributed by atoms with Crippen LogP contribution in [0.3, 0.4) is 0 Å². The standard InChI is InChI=1S/C12H13BrFNO2/c13-5-6-15(9-2-3-9)12(17)10-7-8(14)1-4-11(10)16/h1,4,7,9,16H,2-3,5-6H2. The van der Waals surface area contributed by atoms with Gasteiger partial charge in [0.2, 0.25) is 0 Å². The van der Waals surface area contributed by atoms with Gasteiger partial charge in [0.15, 0.2) is 0 Å². The largest absolute Gasteiger partial charge is 0.507 e. The molecule has 0 bridgehead atoms. The highest BCUT2D eigenvalue weighted by Gasteiger charge is 2.33. The Morgan fingerprint density at radius 1 is 1.53 bits per heavy atom. The van der Waals surface area contributed by atoms with Crippen molar-refractivity contribution in [1.82, 2.24) is 4.90 Å². The fraction of sp³-hybridized carbons (Fsp3) is 0.417. The molecule has 1 aromatic carbocycles. The molecule has 0 saturated heterocycles. The van der Waals surface area contributed by atoms with Gasteiger partial charge in [0.25, 0.3) is 5.91 Å². The van der Waals surface area contributed by atoms with Crippen LogP contribution in [0, 0.1) is 5.82 Å². The topological polar surface area (TPSA) is 40.5 Å². The van der Waals surface area contributed by atoms with Gasteiger partial charge in [-0.1, -0.05) is 15.9 Å². The Hall–Kier alpha value is -1.10. The highest BCUT2D eigenvalue weighted by molar-refractivity contribution is 9.09. The Morgan fingerprint density at radius 2 is 2.24 bits per heavy atom. The second-order valence-electron chi connectivity index (χ2n) is 4.08. The van der Waals surface area contributed by atoms with Gasteiger partial charge in [0.1, 0.15) is 11.6 Å². The van der Waals surface area contributed by atoms with Crippen LogP contribution in [0.5, 0.6) is 5.75 Å². The van der Waals surface area contributed by atoms with E-state index in [4.69, 9.17) is 0 Å². The van der Waals surface area contributed by atoms with Crippen LogP contribution in [0.25, 0.3) is 0 Å². The van der Waals surface area contributed by atoms with Crippen molar-refractivity contribution < 1.29 is 14.3 Å². The normalized spacial score (nSPS) is 14.7. The summed E-state index contributed by atoms with van der Waals surface area (Å²) < 4.78 is 13.1. The summed E-state index contributed by atoms with van der Waals surface area (Å²) in [6.45, 7) is 0.569. The number of nitrogens with zero attached hydrogens (tertiary/aromatic N) is 1. The second-order valence-corrected chi connectivity index (χ2v) is 4.87. The summed E-state index contributed by atoms with van der Waals surface area (Å²) in [7, 11) is 0. The molecule has 0 unspecified atom stereocenters. The van der Waals surface area contributed by atoms with E-state index in [-0.39, 0.29) is 23.3 Å². The van der Waals surface area contributed by atoms with E-state index in [1.54, 1.807) is 4.90 Å². The minimum atomic E-state index is -0.513. The lowest BCUT2D eigenvalue weighted by Gasteiger charge is -2.21. The van der Waals surface area contributed by atoms with Gasteiger partial charge in [-0.15, -0.1) is 0 Å². The van der Waals surface area contributed by atoms with Gasteiger partial charge in [-0.3, -0.25) is 4.79 Å². The average Bonchev–Trinajstić information content (AvgIpc) is 3.12. The number of carbonyl (C=O) groups is 1. The van der Waals surface area contributed by atoms with Crippen LogP contribution < -0.4 is 0 Å². The maximum atomic E-state index is 13.1. The molecule has 1 N–H and O–H groups in total. The molecule has 0 radical (unpaired) electrons. The van der Waals surface area contributed by atoms with Gasteiger partial charge in [-0.2, -0.15) is 0 Å². The van der Waals surface area contributed by atoms with E-state index in [0.29, 0.717) is 11.9 Å². The Bertz CT molecular complexity index is 435. The maximum absolute atomic E-state index is 13.1. The Balaban J connectivity index is 2.24. The van der Waals surface area contributed by atoms with Crippen molar-refractivity contribution in [2.45, 2.75) is 18.9 Å². The van der Waals surface area contributed by atoms with Crippen LogP contribution in [0.1, 0.15) is 23.2 Å². The summed E-state index contributed by atoms with van der Waals surface area (Å²) in [6, 6.07) is 3.67. The first-order valence-corrected chi connectivity index (χ1v) is 6.61. The predicted octanol–water partition coefficient (Wildman–Crippen LogP) is 2.53. The molecule has 1 aliphatic rings. The number of hydrogen-bond acceptors (Lipinski definition) is 2. The molecule has 1 saturated carbocycles.